The lowest BCUT2D eigenvalue weighted by molar-refractivity contribution is 0.266. The molecule has 1 aliphatic heterocycles. The second-order valence-corrected chi connectivity index (χ2v) is 6.65. The molecule has 0 aliphatic carbocycles. The van der Waals surface area contributed by atoms with E-state index in [1.54, 1.807) is 0 Å². The lowest BCUT2D eigenvalue weighted by Gasteiger charge is -2.25. The van der Waals surface area contributed by atoms with Gasteiger partial charge in [0.15, 0.2) is 11.8 Å². The van der Waals surface area contributed by atoms with Crippen molar-refractivity contribution in [2.75, 3.05) is 19.6 Å². The van der Waals surface area contributed by atoms with E-state index < -0.39 is 0 Å². The van der Waals surface area contributed by atoms with E-state index in [0.29, 0.717) is 18.6 Å². The van der Waals surface area contributed by atoms with E-state index in [1.165, 1.54) is 19.4 Å². The fraction of sp³-hybridized carbons (Fsp3) is 0.824. The van der Waals surface area contributed by atoms with Gasteiger partial charge in [0, 0.05) is 25.7 Å². The van der Waals surface area contributed by atoms with E-state index in [4.69, 9.17) is 4.99 Å². The average molecular weight is 463 g/mol. The number of hydrogen-bond donors (Lipinski definition) is 2. The van der Waals surface area contributed by atoms with Gasteiger partial charge >= 0.3 is 0 Å². The number of hydrogen-bond acceptors (Lipinski definition) is 4. The highest BCUT2D eigenvalue weighted by Crippen LogP contribution is 2.15. The van der Waals surface area contributed by atoms with E-state index >= 15 is 0 Å². The van der Waals surface area contributed by atoms with Gasteiger partial charge in [0.05, 0.1) is 0 Å². The molecule has 0 spiro atoms. The Kier molecular flexibility index (Phi) is 9.70. The molecule has 0 radical (unpaired) electrons. The SMILES string of the molecule is CCC(C)NC(=NCc1nnc(C)n1C)NCC1CCCN1CC.I. The Morgan fingerprint density at radius 3 is 2.72 bits per heavy atom. The van der Waals surface area contributed by atoms with Gasteiger partial charge in [-0.15, -0.1) is 34.2 Å². The molecule has 0 bridgehead atoms. The average Bonchev–Trinajstić information content (AvgIpc) is 3.17. The van der Waals surface area contributed by atoms with Gasteiger partial charge in [0.25, 0.3) is 0 Å². The van der Waals surface area contributed by atoms with E-state index in [2.05, 4.69) is 46.5 Å². The Bertz CT molecular complexity index is 543. The Hall–Kier alpha value is -0.900. The van der Waals surface area contributed by atoms with Crippen LogP contribution < -0.4 is 10.6 Å². The third-order valence-electron chi connectivity index (χ3n) is 4.97. The minimum absolute atomic E-state index is 0. The first-order valence-electron chi connectivity index (χ1n) is 9.18. The second kappa shape index (κ2) is 10.9. The van der Waals surface area contributed by atoms with Crippen molar-refractivity contribution < 1.29 is 0 Å². The number of rotatable bonds is 7. The number of guanidine groups is 1. The highest BCUT2D eigenvalue weighted by atomic mass is 127. The number of halogens is 1. The molecule has 2 N–H and O–H groups in total. The van der Waals surface area contributed by atoms with Crippen molar-refractivity contribution in [2.24, 2.45) is 12.0 Å². The smallest absolute Gasteiger partial charge is 0.191 e. The maximum Gasteiger partial charge on any atom is 0.191 e. The van der Waals surface area contributed by atoms with Crippen LogP contribution in [0, 0.1) is 6.92 Å². The molecule has 1 fully saturated rings. The van der Waals surface area contributed by atoms with Crippen LogP contribution in [0.5, 0.6) is 0 Å². The number of nitrogens with zero attached hydrogens (tertiary/aromatic N) is 5. The summed E-state index contributed by atoms with van der Waals surface area (Å²) in [5.41, 5.74) is 0. The summed E-state index contributed by atoms with van der Waals surface area (Å²) in [5.74, 6) is 2.66. The van der Waals surface area contributed by atoms with Gasteiger partial charge in [0.1, 0.15) is 12.4 Å². The summed E-state index contributed by atoms with van der Waals surface area (Å²) in [6.45, 7) is 12.4. The summed E-state index contributed by atoms with van der Waals surface area (Å²) < 4.78 is 1.99. The first-order valence-corrected chi connectivity index (χ1v) is 9.18. The van der Waals surface area contributed by atoms with E-state index in [0.717, 1.165) is 37.1 Å². The molecule has 2 rings (SSSR count). The lowest BCUT2D eigenvalue weighted by atomic mass is 10.2. The van der Waals surface area contributed by atoms with Crippen molar-refractivity contribution in [3.05, 3.63) is 11.6 Å². The van der Waals surface area contributed by atoms with E-state index in [1.807, 2.05) is 18.5 Å². The molecule has 1 aromatic heterocycles. The van der Waals surface area contributed by atoms with Crippen LogP contribution in [-0.2, 0) is 13.6 Å². The highest BCUT2D eigenvalue weighted by molar-refractivity contribution is 14.0. The van der Waals surface area contributed by atoms with Gasteiger partial charge in [-0.1, -0.05) is 13.8 Å². The standard InChI is InChI=1S/C17H33N7.HI/c1-6-13(3)20-17(18-11-15-9-8-10-24(15)7-2)19-12-16-22-21-14(4)23(16)5;/h13,15H,6-12H2,1-5H3,(H2,18,19,20);1H. The molecule has 0 saturated carbocycles. The van der Waals surface area contributed by atoms with Crippen molar-refractivity contribution in [2.45, 2.75) is 65.6 Å². The summed E-state index contributed by atoms with van der Waals surface area (Å²) in [5, 5.41) is 15.3. The molecule has 0 amide bonds. The maximum atomic E-state index is 4.72. The fourth-order valence-electron chi connectivity index (χ4n) is 2.98. The molecular weight excluding hydrogens is 429 g/mol. The van der Waals surface area contributed by atoms with E-state index in [-0.39, 0.29) is 24.0 Å². The maximum absolute atomic E-state index is 4.72. The molecule has 144 valence electrons. The molecule has 2 heterocycles. The van der Waals surface area contributed by atoms with Crippen molar-refractivity contribution in [1.82, 2.24) is 30.3 Å². The van der Waals surface area contributed by atoms with Gasteiger partial charge in [-0.3, -0.25) is 4.90 Å². The first kappa shape index (κ1) is 22.1. The van der Waals surface area contributed by atoms with Crippen LogP contribution in [-0.4, -0.2) is 57.3 Å². The highest BCUT2D eigenvalue weighted by Gasteiger charge is 2.23. The zero-order valence-electron chi connectivity index (χ0n) is 16.2. The van der Waals surface area contributed by atoms with Crippen LogP contribution in [0.15, 0.2) is 4.99 Å². The topological polar surface area (TPSA) is 70.4 Å². The predicted octanol–water partition coefficient (Wildman–Crippen LogP) is 2.06. The first-order chi connectivity index (χ1) is 11.5. The van der Waals surface area contributed by atoms with Gasteiger partial charge in [-0.25, -0.2) is 4.99 Å². The number of aromatic nitrogens is 3. The summed E-state index contributed by atoms with van der Waals surface area (Å²) in [6, 6.07) is 0.999. The summed E-state index contributed by atoms with van der Waals surface area (Å²) in [4.78, 5) is 7.26. The van der Waals surface area contributed by atoms with Gasteiger partial charge < -0.3 is 15.2 Å². The van der Waals surface area contributed by atoms with Crippen LogP contribution in [0.4, 0.5) is 0 Å². The Morgan fingerprint density at radius 2 is 2.12 bits per heavy atom. The van der Waals surface area contributed by atoms with Gasteiger partial charge in [-0.05, 0) is 46.2 Å². The molecule has 0 aromatic carbocycles. The summed E-state index contributed by atoms with van der Waals surface area (Å²) in [7, 11) is 1.98. The van der Waals surface area contributed by atoms with Gasteiger partial charge in [-0.2, -0.15) is 0 Å². The largest absolute Gasteiger partial charge is 0.355 e. The summed E-state index contributed by atoms with van der Waals surface area (Å²) >= 11 is 0. The lowest BCUT2D eigenvalue weighted by Crippen LogP contribution is -2.47. The van der Waals surface area contributed by atoms with E-state index in [9.17, 15) is 0 Å². The molecule has 1 aromatic rings. The van der Waals surface area contributed by atoms with Gasteiger partial charge in [0.2, 0.25) is 0 Å². The van der Waals surface area contributed by atoms with Crippen molar-refractivity contribution >= 4 is 29.9 Å². The van der Waals surface area contributed by atoms with Crippen LogP contribution in [0.2, 0.25) is 0 Å². The molecule has 7 nitrogen and oxygen atoms in total. The minimum Gasteiger partial charge on any atom is -0.355 e. The monoisotopic (exact) mass is 463 g/mol. The zero-order valence-corrected chi connectivity index (χ0v) is 18.6. The predicted molar refractivity (Wildman–Crippen MR) is 113 cm³/mol. The van der Waals surface area contributed by atoms with Crippen LogP contribution in [0.25, 0.3) is 0 Å². The van der Waals surface area contributed by atoms with Crippen molar-refractivity contribution in [3.63, 3.8) is 0 Å². The Balaban J connectivity index is 0.00000312. The normalized spacial score (nSPS) is 19.6. The molecule has 1 aliphatic rings. The number of likely N-dealkylation sites (N-methyl/N-ethyl adjacent to an activating group) is 1. The van der Waals surface area contributed by atoms with Crippen LogP contribution in [0.3, 0.4) is 0 Å². The Labute approximate surface area is 169 Å². The molecule has 1 saturated heterocycles. The number of likely N-dealkylation sites (tertiary alicyclic amines) is 1. The second-order valence-electron chi connectivity index (χ2n) is 6.65. The third kappa shape index (κ3) is 6.40. The van der Waals surface area contributed by atoms with Crippen LogP contribution in [0.1, 0.15) is 51.7 Å². The minimum atomic E-state index is 0. The summed E-state index contributed by atoms with van der Waals surface area (Å²) in [6.07, 6.45) is 3.62. The molecule has 25 heavy (non-hydrogen) atoms. The zero-order chi connectivity index (χ0) is 17.5. The number of nitrogens with one attached hydrogen (secondary N) is 2. The fourth-order valence-corrected chi connectivity index (χ4v) is 2.98. The molecular formula is C17H34IN7. The molecule has 2 unspecified atom stereocenters. The molecule has 2 atom stereocenters. The Morgan fingerprint density at radius 1 is 1.36 bits per heavy atom. The number of aliphatic imine (C=N–C) groups is 1. The van der Waals surface area contributed by atoms with Crippen molar-refractivity contribution in [1.29, 1.82) is 0 Å². The number of aryl methyl sites for hydroxylation is 1. The van der Waals surface area contributed by atoms with Crippen molar-refractivity contribution in [3.8, 4) is 0 Å². The van der Waals surface area contributed by atoms with Crippen LogP contribution >= 0.6 is 24.0 Å². The third-order valence-corrected chi connectivity index (χ3v) is 4.97. The molecule has 8 heteroatoms. The quantitative estimate of drug-likeness (QED) is 0.368.